The summed E-state index contributed by atoms with van der Waals surface area (Å²) in [5.41, 5.74) is 0. The van der Waals surface area contributed by atoms with Crippen LogP contribution in [0.4, 0.5) is 0 Å². The van der Waals surface area contributed by atoms with Gasteiger partial charge in [-0.05, 0) is 37.8 Å². The predicted octanol–water partition coefficient (Wildman–Crippen LogP) is 3.23. The van der Waals surface area contributed by atoms with Crippen molar-refractivity contribution in [2.75, 3.05) is 19.8 Å². The summed E-state index contributed by atoms with van der Waals surface area (Å²) in [6.07, 6.45) is 11.2. The third-order valence-electron chi connectivity index (χ3n) is 3.46. The van der Waals surface area contributed by atoms with Crippen LogP contribution in [0, 0.1) is 0 Å². The molecule has 0 aliphatic heterocycles. The van der Waals surface area contributed by atoms with E-state index in [9.17, 15) is 4.79 Å². The number of allylic oxidation sites excluding steroid dienone is 4. The fourth-order valence-corrected chi connectivity index (χ4v) is 2.37. The second-order valence-electron chi connectivity index (χ2n) is 5.24. The molecule has 0 fully saturated rings. The molecule has 5 heteroatoms. The monoisotopic (exact) mass is 308 g/mol. The Kier molecular flexibility index (Phi) is 7.03. The smallest absolute Gasteiger partial charge is 0.330 e. The summed E-state index contributed by atoms with van der Waals surface area (Å²) in [6.45, 7) is 4.14. The van der Waals surface area contributed by atoms with E-state index in [0.29, 0.717) is 13.2 Å². The fourth-order valence-electron chi connectivity index (χ4n) is 2.37. The molecule has 0 saturated carbocycles. The molecule has 0 aromatic rings. The van der Waals surface area contributed by atoms with E-state index in [1.807, 2.05) is 0 Å². The second-order valence-corrected chi connectivity index (χ2v) is 5.24. The fraction of sp³-hybridized carbons (Fsp3) is 0.588. The van der Waals surface area contributed by atoms with Crippen LogP contribution in [-0.2, 0) is 23.7 Å². The summed E-state index contributed by atoms with van der Waals surface area (Å²) in [6, 6.07) is 0. The van der Waals surface area contributed by atoms with Gasteiger partial charge in [-0.15, -0.1) is 0 Å². The minimum Gasteiger partial charge on any atom is -0.460 e. The van der Waals surface area contributed by atoms with Crippen LogP contribution in [0.5, 0.6) is 0 Å². The molecule has 2 rings (SSSR count). The third-order valence-corrected chi connectivity index (χ3v) is 3.46. The predicted molar refractivity (Wildman–Crippen MR) is 81.8 cm³/mol. The van der Waals surface area contributed by atoms with Crippen molar-refractivity contribution in [3.63, 3.8) is 0 Å². The van der Waals surface area contributed by atoms with E-state index in [1.165, 1.54) is 0 Å². The van der Waals surface area contributed by atoms with Crippen LogP contribution in [0.25, 0.3) is 0 Å². The second kappa shape index (κ2) is 9.30. The first kappa shape index (κ1) is 16.6. The van der Waals surface area contributed by atoms with Crippen LogP contribution < -0.4 is 0 Å². The van der Waals surface area contributed by atoms with E-state index in [2.05, 4.69) is 18.7 Å². The van der Waals surface area contributed by atoms with Gasteiger partial charge in [-0.25, -0.2) is 4.79 Å². The summed E-state index contributed by atoms with van der Waals surface area (Å²) < 4.78 is 22.1. The van der Waals surface area contributed by atoms with Gasteiger partial charge in [0.25, 0.3) is 6.29 Å². The molecule has 0 N–H and O–H groups in total. The van der Waals surface area contributed by atoms with Crippen LogP contribution in [0.15, 0.2) is 36.3 Å². The van der Waals surface area contributed by atoms with E-state index in [0.717, 1.165) is 56.1 Å². The first-order valence-electron chi connectivity index (χ1n) is 7.86. The third kappa shape index (κ3) is 5.93. The molecule has 0 atom stereocenters. The molecule has 0 spiro atoms. The Morgan fingerprint density at radius 3 is 2.27 bits per heavy atom. The highest BCUT2D eigenvalue weighted by molar-refractivity contribution is 5.81. The zero-order valence-electron chi connectivity index (χ0n) is 12.9. The van der Waals surface area contributed by atoms with Crippen LogP contribution in [-0.4, -0.2) is 32.1 Å². The average molecular weight is 308 g/mol. The van der Waals surface area contributed by atoms with Gasteiger partial charge in [-0.1, -0.05) is 6.58 Å². The van der Waals surface area contributed by atoms with Crippen LogP contribution >= 0.6 is 0 Å². The minimum atomic E-state index is -0.445. The van der Waals surface area contributed by atoms with Crippen molar-refractivity contribution < 1.29 is 23.7 Å². The molecule has 0 aromatic heterocycles. The highest BCUT2D eigenvalue weighted by Gasteiger charge is 2.18. The van der Waals surface area contributed by atoms with Gasteiger partial charge < -0.3 is 18.9 Å². The van der Waals surface area contributed by atoms with Crippen LogP contribution in [0.3, 0.4) is 0 Å². The number of rotatable bonds is 10. The van der Waals surface area contributed by atoms with Crippen molar-refractivity contribution in [2.24, 2.45) is 0 Å². The number of esters is 1. The molecule has 0 aromatic carbocycles. The van der Waals surface area contributed by atoms with Gasteiger partial charge in [0.2, 0.25) is 0 Å². The highest BCUT2D eigenvalue weighted by atomic mass is 16.7. The van der Waals surface area contributed by atoms with Crippen molar-refractivity contribution in [3.8, 4) is 0 Å². The SMILES string of the molecule is C=CC(=O)OCCOCC(OC1=CCCC1)OC1=CCCC1. The lowest BCUT2D eigenvalue weighted by atomic mass is 10.3. The number of carbonyl (C=O) groups is 1. The lowest BCUT2D eigenvalue weighted by Gasteiger charge is -2.21. The normalized spacial score (nSPS) is 17.1. The first-order valence-corrected chi connectivity index (χ1v) is 7.86. The van der Waals surface area contributed by atoms with E-state index in [1.54, 1.807) is 0 Å². The highest BCUT2D eigenvalue weighted by Crippen LogP contribution is 2.24. The van der Waals surface area contributed by atoms with Crippen molar-refractivity contribution >= 4 is 5.97 Å². The summed E-state index contributed by atoms with van der Waals surface area (Å²) in [5, 5.41) is 0. The van der Waals surface area contributed by atoms with E-state index in [-0.39, 0.29) is 6.61 Å². The Morgan fingerprint density at radius 2 is 1.77 bits per heavy atom. The standard InChI is InChI=1S/C17H24O5/c1-2-16(18)20-12-11-19-13-17(21-14-7-3-4-8-14)22-15-9-5-6-10-15/h2,7,9,17H,1,3-6,8,10-13H2. The van der Waals surface area contributed by atoms with Gasteiger partial charge >= 0.3 is 5.97 Å². The lowest BCUT2D eigenvalue weighted by Crippen LogP contribution is -2.24. The van der Waals surface area contributed by atoms with Gasteiger partial charge in [0.15, 0.2) is 0 Å². The summed E-state index contributed by atoms with van der Waals surface area (Å²) in [7, 11) is 0. The van der Waals surface area contributed by atoms with Crippen LogP contribution in [0.1, 0.15) is 38.5 Å². The maximum absolute atomic E-state index is 10.9. The summed E-state index contributed by atoms with van der Waals surface area (Å²) >= 11 is 0. The molecule has 2 aliphatic carbocycles. The first-order chi connectivity index (χ1) is 10.8. The molecule has 0 heterocycles. The van der Waals surface area contributed by atoms with Crippen LogP contribution in [0.2, 0.25) is 0 Å². The number of carbonyl (C=O) groups excluding carboxylic acids is 1. The van der Waals surface area contributed by atoms with Crippen molar-refractivity contribution in [3.05, 3.63) is 36.3 Å². The maximum Gasteiger partial charge on any atom is 0.330 e. The quantitative estimate of drug-likeness (QED) is 0.268. The number of hydrogen-bond donors (Lipinski definition) is 0. The molecule has 122 valence electrons. The van der Waals surface area contributed by atoms with Gasteiger partial charge in [0, 0.05) is 18.9 Å². The molecule has 22 heavy (non-hydrogen) atoms. The Labute approximate surface area is 131 Å². The molecular weight excluding hydrogens is 284 g/mol. The lowest BCUT2D eigenvalue weighted by molar-refractivity contribution is -0.145. The molecule has 0 saturated heterocycles. The van der Waals surface area contributed by atoms with E-state index in [4.69, 9.17) is 18.9 Å². The van der Waals surface area contributed by atoms with Gasteiger partial charge in [0.05, 0.1) is 18.1 Å². The zero-order valence-corrected chi connectivity index (χ0v) is 12.9. The molecule has 2 aliphatic rings. The molecule has 0 amide bonds. The Hall–Kier alpha value is -1.75. The minimum absolute atomic E-state index is 0.197. The molecule has 0 bridgehead atoms. The van der Waals surface area contributed by atoms with Crippen molar-refractivity contribution in [1.82, 2.24) is 0 Å². The summed E-state index contributed by atoms with van der Waals surface area (Å²) in [5.74, 6) is 1.51. The van der Waals surface area contributed by atoms with E-state index < -0.39 is 12.3 Å². The molecule has 0 unspecified atom stereocenters. The van der Waals surface area contributed by atoms with Gasteiger partial charge in [-0.2, -0.15) is 0 Å². The largest absolute Gasteiger partial charge is 0.460 e. The number of hydrogen-bond acceptors (Lipinski definition) is 5. The van der Waals surface area contributed by atoms with Crippen molar-refractivity contribution in [2.45, 2.75) is 44.8 Å². The molecular formula is C17H24O5. The van der Waals surface area contributed by atoms with E-state index >= 15 is 0 Å². The summed E-state index contributed by atoms with van der Waals surface area (Å²) in [4.78, 5) is 10.9. The Balaban J connectivity index is 1.71. The maximum atomic E-state index is 10.9. The van der Waals surface area contributed by atoms with Gasteiger partial charge in [0.1, 0.15) is 13.2 Å². The van der Waals surface area contributed by atoms with Gasteiger partial charge in [-0.3, -0.25) is 0 Å². The number of ether oxygens (including phenoxy) is 4. The Morgan fingerprint density at radius 1 is 1.14 bits per heavy atom. The van der Waals surface area contributed by atoms with Crippen molar-refractivity contribution in [1.29, 1.82) is 0 Å². The topological polar surface area (TPSA) is 54.0 Å². The zero-order chi connectivity index (χ0) is 15.6. The molecule has 0 radical (unpaired) electrons. The average Bonchev–Trinajstić information content (AvgIpc) is 3.20. The Bertz CT molecular complexity index is 412. The molecule has 5 nitrogen and oxygen atoms in total.